The molecule has 88 valence electrons. The molecule has 1 aromatic carbocycles. The third-order valence-corrected chi connectivity index (χ3v) is 3.93. The van der Waals surface area contributed by atoms with Crippen LogP contribution in [-0.2, 0) is 9.84 Å². The summed E-state index contributed by atoms with van der Waals surface area (Å²) in [6.45, 7) is 1.68. The van der Waals surface area contributed by atoms with Crippen LogP contribution in [0.4, 0.5) is 5.69 Å². The lowest BCUT2D eigenvalue weighted by atomic mass is 10.1. The van der Waals surface area contributed by atoms with Gasteiger partial charge in [-0.3, -0.25) is 4.79 Å². The van der Waals surface area contributed by atoms with Crippen molar-refractivity contribution < 1.29 is 13.2 Å². The van der Waals surface area contributed by atoms with Gasteiger partial charge in [0.05, 0.1) is 0 Å². The number of benzene rings is 1. The first-order valence-electron chi connectivity index (χ1n) is 4.95. The van der Waals surface area contributed by atoms with Gasteiger partial charge in [-0.2, -0.15) is 0 Å². The molecule has 0 fully saturated rings. The van der Waals surface area contributed by atoms with Gasteiger partial charge >= 0.3 is 0 Å². The highest BCUT2D eigenvalue weighted by Gasteiger charge is 2.27. The summed E-state index contributed by atoms with van der Waals surface area (Å²) in [6, 6.07) is 6.36. The number of nitrogens with two attached hydrogens (primary N) is 1. The third kappa shape index (κ3) is 2.82. The van der Waals surface area contributed by atoms with E-state index in [1.807, 2.05) is 0 Å². The normalized spacial score (nSPS) is 13.4. The van der Waals surface area contributed by atoms with Gasteiger partial charge < -0.3 is 5.73 Å². The lowest BCUT2D eigenvalue weighted by Crippen LogP contribution is -2.28. The fourth-order valence-electron chi connectivity index (χ4n) is 1.56. The second kappa shape index (κ2) is 4.65. The summed E-state index contributed by atoms with van der Waals surface area (Å²) in [5.74, 6) is -0.391. The van der Waals surface area contributed by atoms with Gasteiger partial charge in [0.15, 0.2) is 15.6 Å². The first-order chi connectivity index (χ1) is 7.36. The minimum atomic E-state index is -3.37. The monoisotopic (exact) mass is 241 g/mol. The Bertz CT molecular complexity index is 494. The summed E-state index contributed by atoms with van der Waals surface area (Å²) in [4.78, 5) is 11.9. The molecule has 2 N–H and O–H groups in total. The first kappa shape index (κ1) is 12.7. The van der Waals surface area contributed by atoms with Crippen LogP contribution in [0.5, 0.6) is 0 Å². The number of carbonyl (C=O) groups is 1. The molecule has 1 rings (SSSR count). The van der Waals surface area contributed by atoms with Crippen LogP contribution >= 0.6 is 0 Å². The van der Waals surface area contributed by atoms with Gasteiger partial charge in [-0.05, 0) is 18.6 Å². The van der Waals surface area contributed by atoms with Crippen molar-refractivity contribution in [2.45, 2.75) is 18.6 Å². The summed E-state index contributed by atoms with van der Waals surface area (Å²) >= 11 is 0. The number of sulfone groups is 1. The quantitative estimate of drug-likeness (QED) is 0.636. The fourth-order valence-corrected chi connectivity index (χ4v) is 2.69. The number of carbonyl (C=O) groups excluding carboxylic acids is 1. The summed E-state index contributed by atoms with van der Waals surface area (Å²) in [6.07, 6.45) is 1.35. The Labute approximate surface area is 95.4 Å². The van der Waals surface area contributed by atoms with Crippen molar-refractivity contribution >= 4 is 21.3 Å². The van der Waals surface area contributed by atoms with E-state index in [1.54, 1.807) is 25.1 Å². The van der Waals surface area contributed by atoms with Crippen molar-refractivity contribution in [2.75, 3.05) is 12.0 Å². The van der Waals surface area contributed by atoms with E-state index in [2.05, 4.69) is 0 Å². The van der Waals surface area contributed by atoms with Crippen LogP contribution < -0.4 is 5.73 Å². The molecule has 0 spiro atoms. The lowest BCUT2D eigenvalue weighted by Gasteiger charge is -2.11. The van der Waals surface area contributed by atoms with E-state index in [-0.39, 0.29) is 6.42 Å². The number of anilines is 1. The van der Waals surface area contributed by atoms with Gasteiger partial charge in [0, 0.05) is 17.5 Å². The molecule has 5 heteroatoms. The van der Waals surface area contributed by atoms with Crippen LogP contribution in [0.15, 0.2) is 24.3 Å². The molecule has 1 aromatic rings. The predicted molar refractivity (Wildman–Crippen MR) is 64.1 cm³/mol. The molecule has 0 saturated carbocycles. The number of nitrogen functional groups attached to an aromatic ring is 1. The van der Waals surface area contributed by atoms with Gasteiger partial charge in [0.1, 0.15) is 5.25 Å². The minimum Gasteiger partial charge on any atom is -0.399 e. The van der Waals surface area contributed by atoms with Gasteiger partial charge in [-0.1, -0.05) is 19.1 Å². The number of ketones is 1. The molecule has 0 aliphatic heterocycles. The van der Waals surface area contributed by atoms with Crippen molar-refractivity contribution in [2.24, 2.45) is 0 Å². The van der Waals surface area contributed by atoms with Gasteiger partial charge in [-0.15, -0.1) is 0 Å². The molecule has 0 saturated heterocycles. The number of hydrogen-bond acceptors (Lipinski definition) is 4. The number of rotatable bonds is 4. The summed E-state index contributed by atoms with van der Waals surface area (Å²) in [7, 11) is -3.37. The van der Waals surface area contributed by atoms with Crippen LogP contribution in [0.25, 0.3) is 0 Å². The Hall–Kier alpha value is -1.36. The summed E-state index contributed by atoms with van der Waals surface area (Å²) < 4.78 is 22.8. The predicted octanol–water partition coefficient (Wildman–Crippen LogP) is 1.27. The highest BCUT2D eigenvalue weighted by Crippen LogP contribution is 2.15. The molecule has 0 aliphatic carbocycles. The summed E-state index contributed by atoms with van der Waals surface area (Å²) in [5.41, 5.74) is 6.34. The zero-order valence-electron chi connectivity index (χ0n) is 9.30. The molecule has 0 aromatic heterocycles. The number of hydrogen-bond donors (Lipinski definition) is 1. The van der Waals surface area contributed by atoms with Crippen LogP contribution in [0, 0.1) is 0 Å². The van der Waals surface area contributed by atoms with Crippen LogP contribution in [-0.4, -0.2) is 25.7 Å². The van der Waals surface area contributed by atoms with Crippen LogP contribution in [0.2, 0.25) is 0 Å². The molecule has 16 heavy (non-hydrogen) atoms. The topological polar surface area (TPSA) is 77.2 Å². The Balaban J connectivity index is 3.11. The SMILES string of the molecule is CC[C@@H](C(=O)c1cccc(N)c1)S(C)(=O)=O. The van der Waals surface area contributed by atoms with E-state index in [0.29, 0.717) is 11.3 Å². The van der Waals surface area contributed by atoms with E-state index in [1.165, 1.54) is 6.07 Å². The van der Waals surface area contributed by atoms with Crippen molar-refractivity contribution in [1.29, 1.82) is 0 Å². The molecule has 0 unspecified atom stereocenters. The third-order valence-electron chi connectivity index (χ3n) is 2.35. The molecular weight excluding hydrogens is 226 g/mol. The minimum absolute atomic E-state index is 0.270. The van der Waals surface area contributed by atoms with Gasteiger partial charge in [-0.25, -0.2) is 8.42 Å². The highest BCUT2D eigenvalue weighted by molar-refractivity contribution is 7.92. The smallest absolute Gasteiger partial charge is 0.181 e. The van der Waals surface area contributed by atoms with E-state index in [0.717, 1.165) is 6.26 Å². The Morgan fingerprint density at radius 2 is 2.06 bits per heavy atom. The average molecular weight is 241 g/mol. The molecule has 0 aliphatic rings. The molecule has 0 bridgehead atoms. The van der Waals surface area contributed by atoms with E-state index < -0.39 is 20.9 Å². The van der Waals surface area contributed by atoms with Crippen LogP contribution in [0.1, 0.15) is 23.7 Å². The Morgan fingerprint density at radius 1 is 1.44 bits per heavy atom. The molecule has 0 heterocycles. The Kier molecular flexibility index (Phi) is 3.70. The second-order valence-corrected chi connectivity index (χ2v) is 5.94. The van der Waals surface area contributed by atoms with E-state index in [4.69, 9.17) is 5.73 Å². The highest BCUT2D eigenvalue weighted by atomic mass is 32.2. The van der Waals surface area contributed by atoms with E-state index in [9.17, 15) is 13.2 Å². The van der Waals surface area contributed by atoms with Crippen LogP contribution in [0.3, 0.4) is 0 Å². The van der Waals surface area contributed by atoms with Crippen molar-refractivity contribution in [3.8, 4) is 0 Å². The van der Waals surface area contributed by atoms with E-state index >= 15 is 0 Å². The molecule has 0 radical (unpaired) electrons. The lowest BCUT2D eigenvalue weighted by molar-refractivity contribution is 0.0985. The largest absolute Gasteiger partial charge is 0.399 e. The standard InChI is InChI=1S/C11H15NO3S/c1-3-10(16(2,14)15)11(13)8-5-4-6-9(12)7-8/h4-7,10H,3,12H2,1-2H3/t10-/m0/s1. The first-order valence-corrected chi connectivity index (χ1v) is 6.90. The maximum absolute atomic E-state index is 11.9. The van der Waals surface area contributed by atoms with Gasteiger partial charge in [0.25, 0.3) is 0 Å². The second-order valence-electron chi connectivity index (χ2n) is 3.72. The molecule has 1 atom stereocenters. The van der Waals surface area contributed by atoms with Gasteiger partial charge in [0.2, 0.25) is 0 Å². The zero-order valence-corrected chi connectivity index (χ0v) is 10.1. The van der Waals surface area contributed by atoms with Crippen molar-refractivity contribution in [1.82, 2.24) is 0 Å². The maximum atomic E-state index is 11.9. The Morgan fingerprint density at radius 3 is 2.50 bits per heavy atom. The average Bonchev–Trinajstić information content (AvgIpc) is 2.16. The summed E-state index contributed by atoms with van der Waals surface area (Å²) in [5, 5.41) is -0.978. The maximum Gasteiger partial charge on any atom is 0.181 e. The van der Waals surface area contributed by atoms with Crippen molar-refractivity contribution in [3.05, 3.63) is 29.8 Å². The molecule has 0 amide bonds. The molecular formula is C11H15NO3S. The fraction of sp³-hybridized carbons (Fsp3) is 0.364. The zero-order chi connectivity index (χ0) is 12.3. The molecule has 4 nitrogen and oxygen atoms in total. The number of Topliss-reactive ketones (excluding diaryl/α,β-unsaturated/α-hetero) is 1. The van der Waals surface area contributed by atoms with Crippen molar-refractivity contribution in [3.63, 3.8) is 0 Å².